The summed E-state index contributed by atoms with van der Waals surface area (Å²) in [4.78, 5) is 0. The molecule has 2 nitrogen and oxygen atoms in total. The van der Waals surface area contributed by atoms with E-state index in [0.29, 0.717) is 6.42 Å². The SMILES string of the molecule is OC1(O)CCCC[Te]1. The summed E-state index contributed by atoms with van der Waals surface area (Å²) in [6.45, 7) is 0. The van der Waals surface area contributed by atoms with E-state index in [1.54, 1.807) is 0 Å². The van der Waals surface area contributed by atoms with E-state index in [4.69, 9.17) is 10.2 Å². The van der Waals surface area contributed by atoms with Gasteiger partial charge in [-0.05, 0) is 0 Å². The van der Waals surface area contributed by atoms with Crippen LogP contribution in [0.3, 0.4) is 0 Å². The molecule has 48 valence electrons. The van der Waals surface area contributed by atoms with E-state index in [9.17, 15) is 0 Å². The maximum absolute atomic E-state index is 8.99. The molecule has 0 aromatic rings. The third-order valence-corrected chi connectivity index (χ3v) is 4.54. The standard InChI is InChI=1S/C5H10O2Te/c6-5(7)3-1-2-4-8-5/h6-7H,1-4H2. The van der Waals surface area contributed by atoms with Gasteiger partial charge in [0.2, 0.25) is 0 Å². The fraction of sp³-hybridized carbons (Fsp3) is 1.00. The molecule has 1 saturated heterocycles. The van der Waals surface area contributed by atoms with Crippen molar-refractivity contribution in [3.63, 3.8) is 0 Å². The van der Waals surface area contributed by atoms with Crippen LogP contribution < -0.4 is 0 Å². The van der Waals surface area contributed by atoms with E-state index >= 15 is 0 Å². The van der Waals surface area contributed by atoms with Crippen LogP contribution in [-0.2, 0) is 0 Å². The van der Waals surface area contributed by atoms with E-state index in [0.717, 1.165) is 10.9 Å². The molecule has 1 heterocycles. The minimum absolute atomic E-state index is 0.481. The van der Waals surface area contributed by atoms with Crippen molar-refractivity contribution >= 4 is 20.9 Å². The Balaban J connectivity index is 2.33. The summed E-state index contributed by atoms with van der Waals surface area (Å²) in [5, 5.41) is 18.0. The van der Waals surface area contributed by atoms with Crippen LogP contribution in [0.25, 0.3) is 0 Å². The Morgan fingerprint density at radius 1 is 1.25 bits per heavy atom. The Bertz CT molecular complexity index is 74.5. The quantitative estimate of drug-likeness (QED) is 0.451. The van der Waals surface area contributed by atoms with Crippen LogP contribution in [0.1, 0.15) is 19.3 Å². The zero-order valence-electron chi connectivity index (χ0n) is 4.63. The van der Waals surface area contributed by atoms with Gasteiger partial charge in [0.25, 0.3) is 0 Å². The minimum atomic E-state index is -1.19. The van der Waals surface area contributed by atoms with Gasteiger partial charge in [-0.2, -0.15) is 0 Å². The summed E-state index contributed by atoms with van der Waals surface area (Å²) in [6.07, 6.45) is 2.83. The van der Waals surface area contributed by atoms with Crippen molar-refractivity contribution in [3.05, 3.63) is 0 Å². The Kier molecular flexibility index (Phi) is 2.16. The molecule has 1 aliphatic heterocycles. The van der Waals surface area contributed by atoms with Crippen LogP contribution in [-0.4, -0.2) is 35.0 Å². The van der Waals surface area contributed by atoms with Crippen molar-refractivity contribution in [2.75, 3.05) is 0 Å². The molecule has 0 atom stereocenters. The van der Waals surface area contributed by atoms with Gasteiger partial charge in [0, 0.05) is 0 Å². The normalized spacial score (nSPS) is 27.8. The first kappa shape index (κ1) is 6.82. The van der Waals surface area contributed by atoms with Crippen molar-refractivity contribution in [2.24, 2.45) is 0 Å². The van der Waals surface area contributed by atoms with Crippen LogP contribution in [0.2, 0.25) is 4.47 Å². The second-order valence-electron chi connectivity index (χ2n) is 2.05. The van der Waals surface area contributed by atoms with Gasteiger partial charge in [0.1, 0.15) is 0 Å². The molecule has 0 spiro atoms. The van der Waals surface area contributed by atoms with E-state index in [1.165, 1.54) is 6.42 Å². The molecular weight excluding hydrogens is 220 g/mol. The van der Waals surface area contributed by atoms with Gasteiger partial charge in [0.05, 0.1) is 0 Å². The molecule has 0 aliphatic carbocycles. The second kappa shape index (κ2) is 2.53. The predicted octanol–water partition coefficient (Wildman–Crippen LogP) is -0.0688. The molecule has 0 radical (unpaired) electrons. The Hall–Kier alpha value is 0.710. The third-order valence-electron chi connectivity index (χ3n) is 1.23. The average Bonchev–Trinajstić information content (AvgIpc) is 1.65. The number of hydrogen-bond donors (Lipinski definition) is 2. The molecule has 8 heavy (non-hydrogen) atoms. The Labute approximate surface area is 59.0 Å². The van der Waals surface area contributed by atoms with Gasteiger partial charge in [-0.1, -0.05) is 0 Å². The van der Waals surface area contributed by atoms with Crippen LogP contribution in [0, 0.1) is 0 Å². The molecular formula is C5H10O2Te. The summed E-state index contributed by atoms with van der Waals surface area (Å²) < 4.78 is -0.0959. The fourth-order valence-electron chi connectivity index (χ4n) is 0.765. The zero-order valence-corrected chi connectivity index (χ0v) is 6.96. The number of aliphatic hydroxyl groups is 2. The van der Waals surface area contributed by atoms with Crippen LogP contribution in [0.5, 0.6) is 0 Å². The third kappa shape index (κ3) is 1.91. The predicted molar refractivity (Wildman–Crippen MR) is 31.6 cm³/mol. The molecule has 0 bridgehead atoms. The van der Waals surface area contributed by atoms with Crippen molar-refractivity contribution in [2.45, 2.75) is 27.6 Å². The molecule has 0 saturated carbocycles. The molecule has 0 aromatic heterocycles. The number of rotatable bonds is 0. The molecule has 0 amide bonds. The van der Waals surface area contributed by atoms with Crippen molar-refractivity contribution in [1.29, 1.82) is 0 Å². The molecule has 2 N–H and O–H groups in total. The number of hydrogen-bond acceptors (Lipinski definition) is 2. The van der Waals surface area contributed by atoms with Gasteiger partial charge in [-0.15, -0.1) is 0 Å². The van der Waals surface area contributed by atoms with Gasteiger partial charge in [0.15, 0.2) is 0 Å². The second-order valence-corrected chi connectivity index (χ2v) is 5.90. The average molecular weight is 230 g/mol. The van der Waals surface area contributed by atoms with Gasteiger partial charge in [-0.3, -0.25) is 0 Å². The first-order valence-electron chi connectivity index (χ1n) is 2.79. The van der Waals surface area contributed by atoms with Gasteiger partial charge in [-0.25, -0.2) is 0 Å². The van der Waals surface area contributed by atoms with Crippen LogP contribution >= 0.6 is 0 Å². The summed E-state index contributed by atoms with van der Waals surface area (Å²) in [5.74, 6) is 0. The van der Waals surface area contributed by atoms with E-state index in [-0.39, 0.29) is 0 Å². The summed E-state index contributed by atoms with van der Waals surface area (Å²) in [7, 11) is 0. The summed E-state index contributed by atoms with van der Waals surface area (Å²) in [6, 6.07) is 0. The molecule has 3 heteroatoms. The first-order chi connectivity index (χ1) is 3.71. The molecule has 0 aromatic carbocycles. The molecule has 1 rings (SSSR count). The van der Waals surface area contributed by atoms with E-state index < -0.39 is 24.8 Å². The fourth-order valence-corrected chi connectivity index (χ4v) is 3.52. The monoisotopic (exact) mass is 232 g/mol. The zero-order chi connectivity index (χ0) is 6.04. The Morgan fingerprint density at radius 2 is 2.00 bits per heavy atom. The van der Waals surface area contributed by atoms with Gasteiger partial charge >= 0.3 is 58.7 Å². The maximum atomic E-state index is 8.99. The topological polar surface area (TPSA) is 40.5 Å². The first-order valence-corrected chi connectivity index (χ1v) is 5.61. The summed E-state index contributed by atoms with van der Waals surface area (Å²) >= 11 is -0.481. The molecule has 1 aliphatic rings. The van der Waals surface area contributed by atoms with Crippen molar-refractivity contribution < 1.29 is 10.2 Å². The molecule has 0 unspecified atom stereocenters. The van der Waals surface area contributed by atoms with Crippen LogP contribution in [0.15, 0.2) is 0 Å². The Morgan fingerprint density at radius 3 is 2.25 bits per heavy atom. The molecule has 1 fully saturated rings. The van der Waals surface area contributed by atoms with E-state index in [1.807, 2.05) is 0 Å². The van der Waals surface area contributed by atoms with Crippen LogP contribution in [0.4, 0.5) is 0 Å². The van der Waals surface area contributed by atoms with Crippen molar-refractivity contribution in [3.8, 4) is 0 Å². The summed E-state index contributed by atoms with van der Waals surface area (Å²) in [5.41, 5.74) is 0. The van der Waals surface area contributed by atoms with Crippen molar-refractivity contribution in [1.82, 2.24) is 0 Å². The van der Waals surface area contributed by atoms with Gasteiger partial charge < -0.3 is 0 Å². The van der Waals surface area contributed by atoms with E-state index in [2.05, 4.69) is 0 Å².